The fourth-order valence-corrected chi connectivity index (χ4v) is 0. The van der Waals surface area contributed by atoms with Crippen LogP contribution < -0.4 is 0 Å². The van der Waals surface area contributed by atoms with Crippen molar-refractivity contribution in [1.29, 1.82) is 1.76 Å². The van der Waals surface area contributed by atoms with Gasteiger partial charge in [-0.25, -0.2) is 10.6 Å². The SMILES string of the molecule is C.C.FI.FI.OF.OF.[2H][V][3H].[No]. The molecule has 0 aliphatic carbocycles. The molecule has 0 heterocycles. The maximum absolute atomic E-state index is 9.47. The molecule has 10 heteroatoms. The van der Waals surface area contributed by atoms with Crippen LogP contribution in [0.4, 0.5) is 14.8 Å². The number of hydrogen-bond acceptors (Lipinski definition) is 2. The summed E-state index contributed by atoms with van der Waals surface area (Å²) in [5.41, 5.74) is 0. The van der Waals surface area contributed by atoms with E-state index >= 15 is 0 Å². The van der Waals surface area contributed by atoms with Crippen molar-refractivity contribution in [3.63, 3.8) is 0 Å². The normalized spacial score (nSPS) is 3.33. The molecule has 0 saturated carbocycles. The van der Waals surface area contributed by atoms with Crippen molar-refractivity contribution >= 4 is 46.3 Å². The molecule has 0 aromatic heterocycles. The molecule has 0 unspecified atom stereocenters. The smallest absolute Gasteiger partial charge is 0 e. The first-order valence-electron chi connectivity index (χ1n) is 1.52. The fraction of sp³-hybridized carbons (Fsp3) is 1.00. The molecule has 0 bridgehead atoms. The predicted octanol–water partition coefficient (Wildman–Crippen LogP) is 3.07. The molecule has 0 spiro atoms. The molecule has 0 rings (SSSR count). The summed E-state index contributed by atoms with van der Waals surface area (Å²) in [4.78, 5) is 0. The van der Waals surface area contributed by atoms with Crippen LogP contribution >= 0.6 is 46.3 Å². The van der Waals surface area contributed by atoms with Crippen LogP contribution in [0.1, 0.15) is 14.9 Å². The molecule has 2 N–H and O–H groups in total. The molecule has 93 valence electrons. The Kier molecular flexibility index (Phi) is 9200. The van der Waals surface area contributed by atoms with Crippen LogP contribution in [0.25, 0.3) is 0 Å². The van der Waals surface area contributed by atoms with E-state index in [-0.39, 0.29) is 14.9 Å². The van der Waals surface area contributed by atoms with Gasteiger partial charge in [0.15, 0.2) is 46.3 Å². The molecule has 0 aliphatic heterocycles. The Labute approximate surface area is 106 Å². The summed E-state index contributed by atoms with van der Waals surface area (Å²) in [5.74, 6) is 0. The van der Waals surface area contributed by atoms with E-state index in [2.05, 4.69) is 0 Å². The molecule has 12 heavy (non-hydrogen) atoms. The monoisotopic (exact) mass is 711 g/mol. The third-order valence-corrected chi connectivity index (χ3v) is 0. The van der Waals surface area contributed by atoms with Crippen molar-refractivity contribution in [3.05, 3.63) is 0 Å². The summed E-state index contributed by atoms with van der Waals surface area (Å²) in [7, 11) is 0. The molecule has 0 fully saturated rings. The van der Waals surface area contributed by atoms with E-state index in [0.717, 1.165) is 0 Å². The summed E-state index contributed by atoms with van der Waals surface area (Å²) in [6.07, 6.45) is 0. The summed E-state index contributed by atoms with van der Waals surface area (Å²) in [6.45, 7) is 0. The van der Waals surface area contributed by atoms with Gasteiger partial charge in [0.25, 0.3) is 0 Å². The third-order valence-electron chi connectivity index (χ3n) is 0. The minimum atomic E-state index is -0.812. The largest absolute Gasteiger partial charge is 0 e. The second kappa shape index (κ2) is 2850. The quantitative estimate of drug-likeness (QED) is 0.300. The van der Waals surface area contributed by atoms with Gasteiger partial charge >= 0.3 is 20.0 Å². The van der Waals surface area contributed by atoms with Gasteiger partial charge in [0.1, 0.15) is 0 Å². The zero-order valence-electron chi connectivity index (χ0n) is 5.88. The first-order valence-corrected chi connectivity index (χ1v) is 2.25. The summed E-state index contributed by atoms with van der Waals surface area (Å²) < 4.78 is 47.9. The fourth-order valence-electron chi connectivity index (χ4n) is 0. The van der Waals surface area contributed by atoms with Gasteiger partial charge in [0.05, 0.1) is 0 Å². The van der Waals surface area contributed by atoms with Crippen LogP contribution in [0.15, 0.2) is 0 Å². The van der Waals surface area contributed by atoms with E-state index in [1.165, 1.54) is 0 Å². The van der Waals surface area contributed by atoms with Crippen molar-refractivity contribution in [3.8, 4) is 0 Å². The molecule has 0 radical (unpaired) electrons. The van der Waals surface area contributed by atoms with Gasteiger partial charge in [-0.15, -0.1) is 0 Å². The molecule has 2 nitrogen and oxygen atoms in total. The van der Waals surface area contributed by atoms with Crippen LogP contribution in [0.5, 0.6) is 0 Å². The van der Waals surface area contributed by atoms with Crippen molar-refractivity contribution in [1.82, 2.24) is 0 Å². The number of hydrogen-bond donors (Lipinski definition) is 2. The molecule has 0 aromatic rings. The van der Waals surface area contributed by atoms with Gasteiger partial charge in [0.2, 0.25) is 0 Å². The Morgan fingerprint density at radius 3 is 1.08 bits per heavy atom. The minimum Gasteiger partial charge on any atom is 0 e. The van der Waals surface area contributed by atoms with Crippen LogP contribution in [0.2, 0.25) is 0 Å². The molecule has 0 aromatic carbocycles. The first-order chi connectivity index (χ1) is 5.41. The van der Waals surface area contributed by atoms with Crippen LogP contribution in [0, 0.1) is 0 Å². The van der Waals surface area contributed by atoms with Gasteiger partial charge in [0, 0.05) is 0 Å². The van der Waals surface area contributed by atoms with E-state index in [4.69, 9.17) is 21.4 Å². The summed E-state index contributed by atoms with van der Waals surface area (Å²) in [5, 5.41) is 11.0. The van der Waals surface area contributed by atoms with E-state index in [1.54, 1.807) is 0 Å². The van der Waals surface area contributed by atoms with Gasteiger partial charge in [-0.2, -0.15) is 5.72 Å². The number of rotatable bonds is 0. The summed E-state index contributed by atoms with van der Waals surface area (Å²) >= 11 is 0.488. The Morgan fingerprint density at radius 1 is 1.08 bits per heavy atom. The van der Waals surface area contributed by atoms with Crippen molar-refractivity contribution in [2.45, 2.75) is 14.9 Å². The second-order valence-electron chi connectivity index (χ2n) is 0. The van der Waals surface area contributed by atoms with E-state index in [9.17, 15) is 5.72 Å². The van der Waals surface area contributed by atoms with Gasteiger partial charge in [-0.05, 0) is 0 Å². The summed E-state index contributed by atoms with van der Waals surface area (Å²) in [6, 6.07) is 0. The van der Waals surface area contributed by atoms with Crippen LogP contribution in [-0.4, -0.2) is 12.4 Å². The van der Waals surface area contributed by atoms with Crippen molar-refractivity contribution < 1.29 is 43.7 Å². The Balaban J connectivity index is -0.00000000515. The molecule has 0 saturated heterocycles. The first kappa shape index (κ1) is 38.8. The average molecular weight is 711 g/mol. The topological polar surface area (TPSA) is 40.5 Å². The Bertz CT molecular complexity index is 37.3. The zero-order valence-corrected chi connectivity index (χ0v) is 11.8. The van der Waals surface area contributed by atoms with Gasteiger partial charge in [-0.1, -0.05) is 23.9 Å². The third kappa shape index (κ3) is 2140. The standard InChI is InChI=1S/2CH4.2FI.2FHO.No.V.2H/c;;4*1-2;;;;/h2*1H4;;;2*2H;;;;/i;;;;;;;;1+2;1+1. The van der Waals surface area contributed by atoms with Crippen molar-refractivity contribution in [2.75, 3.05) is 0 Å². The maximum Gasteiger partial charge on any atom is 0 e. The van der Waals surface area contributed by atoms with Gasteiger partial charge in [-0.3, -0.25) is 0 Å². The van der Waals surface area contributed by atoms with Crippen molar-refractivity contribution in [2.24, 2.45) is 0 Å². The average Bonchev–Trinajstić information content (AvgIpc) is 2.18. The molecule has 0 atom stereocenters. The Morgan fingerprint density at radius 2 is 1.08 bits per heavy atom. The van der Waals surface area contributed by atoms with E-state index in [1.807, 2.05) is 0 Å². The second-order valence-corrected chi connectivity index (χ2v) is 0. The Hall–Kier alpha value is 0.684. The number of halogens is 6. The van der Waals surface area contributed by atoms with E-state index in [0.29, 0.717) is 46.3 Å². The molecule has 0 amide bonds. The molecule has 0 aliphatic rings. The molecular formula is C2H12F4I2NoO2V. The zero-order chi connectivity index (χ0) is 10.7. The predicted molar refractivity (Wildman–Crippen MR) is 53.2 cm³/mol. The van der Waals surface area contributed by atoms with E-state index < -0.39 is 18.3 Å². The van der Waals surface area contributed by atoms with Crippen LogP contribution in [0.3, 0.4) is 0 Å². The van der Waals surface area contributed by atoms with Gasteiger partial charge < -0.3 is 0 Å². The van der Waals surface area contributed by atoms with Crippen LogP contribution in [-0.2, 0) is 18.3 Å². The molecular weight excluding hydrogens is 696 g/mol. The minimum absolute atomic E-state index is 0. The maximum atomic E-state index is 9.47.